The van der Waals surface area contributed by atoms with Crippen molar-refractivity contribution in [2.75, 3.05) is 6.61 Å². The molecule has 0 amide bonds. The molecular formula is C32H32F4O. The maximum absolute atomic E-state index is 15.1. The Balaban J connectivity index is 1.53. The molecule has 1 nitrogen and oxygen atoms in total. The number of ether oxygens (including phenoxy) is 1. The lowest BCUT2D eigenvalue weighted by molar-refractivity contribution is 0.286. The molecule has 1 aliphatic carbocycles. The lowest BCUT2D eigenvalue weighted by atomic mass is 9.85. The summed E-state index contributed by atoms with van der Waals surface area (Å²) >= 11 is 0. The summed E-state index contributed by atoms with van der Waals surface area (Å²) < 4.78 is 64.9. The normalized spacial score (nSPS) is 15.7. The van der Waals surface area contributed by atoms with Crippen molar-refractivity contribution < 1.29 is 22.3 Å². The van der Waals surface area contributed by atoms with Crippen molar-refractivity contribution in [3.8, 4) is 28.0 Å². The van der Waals surface area contributed by atoms with Crippen LogP contribution < -0.4 is 4.74 Å². The van der Waals surface area contributed by atoms with E-state index in [-0.39, 0.29) is 16.9 Å². The Morgan fingerprint density at radius 1 is 0.784 bits per heavy atom. The largest absolute Gasteiger partial charge is 0.490 e. The molecule has 0 aromatic heterocycles. The van der Waals surface area contributed by atoms with Crippen LogP contribution in [-0.2, 0) is 0 Å². The van der Waals surface area contributed by atoms with Crippen molar-refractivity contribution in [3.63, 3.8) is 0 Å². The van der Waals surface area contributed by atoms with E-state index in [2.05, 4.69) is 13.0 Å². The highest BCUT2D eigenvalue weighted by atomic mass is 19.2. The number of rotatable bonds is 9. The van der Waals surface area contributed by atoms with Crippen molar-refractivity contribution >= 4 is 5.57 Å². The van der Waals surface area contributed by atoms with E-state index in [0.29, 0.717) is 35.6 Å². The number of halogens is 4. The first-order valence-corrected chi connectivity index (χ1v) is 13.0. The van der Waals surface area contributed by atoms with Crippen molar-refractivity contribution in [1.29, 1.82) is 0 Å². The lowest BCUT2D eigenvalue weighted by Gasteiger charge is -2.20. The summed E-state index contributed by atoms with van der Waals surface area (Å²) in [7, 11) is 0. The summed E-state index contributed by atoms with van der Waals surface area (Å²) in [6, 6.07) is 12.4. The molecule has 194 valence electrons. The first-order valence-electron chi connectivity index (χ1n) is 13.0. The monoisotopic (exact) mass is 508 g/mol. The summed E-state index contributed by atoms with van der Waals surface area (Å²) in [6.07, 6.45) is 11.3. The van der Waals surface area contributed by atoms with Crippen LogP contribution in [0.3, 0.4) is 0 Å². The number of allylic oxidation sites excluding steroid dienone is 4. The molecule has 0 saturated heterocycles. The van der Waals surface area contributed by atoms with Crippen molar-refractivity contribution in [2.45, 2.75) is 52.4 Å². The first kappa shape index (κ1) is 26.7. The van der Waals surface area contributed by atoms with Gasteiger partial charge >= 0.3 is 0 Å². The predicted octanol–water partition coefficient (Wildman–Crippen LogP) is 9.91. The molecule has 4 rings (SSSR count). The number of hydrogen-bond acceptors (Lipinski definition) is 1. The van der Waals surface area contributed by atoms with E-state index in [1.54, 1.807) is 36.4 Å². The minimum atomic E-state index is -1.03. The summed E-state index contributed by atoms with van der Waals surface area (Å²) in [6.45, 7) is 4.36. The van der Waals surface area contributed by atoms with Gasteiger partial charge in [0.15, 0.2) is 23.2 Å². The van der Waals surface area contributed by atoms with Crippen LogP contribution in [0.5, 0.6) is 5.75 Å². The van der Waals surface area contributed by atoms with E-state index in [1.807, 2.05) is 19.1 Å². The van der Waals surface area contributed by atoms with Crippen LogP contribution in [0.15, 0.2) is 66.8 Å². The van der Waals surface area contributed by atoms with E-state index in [0.717, 1.165) is 37.7 Å². The van der Waals surface area contributed by atoms with E-state index < -0.39 is 23.3 Å². The van der Waals surface area contributed by atoms with Crippen LogP contribution in [-0.4, -0.2) is 6.61 Å². The Kier molecular flexibility index (Phi) is 8.86. The van der Waals surface area contributed by atoms with Crippen molar-refractivity contribution in [2.24, 2.45) is 5.92 Å². The van der Waals surface area contributed by atoms with Gasteiger partial charge in [0.05, 0.1) is 6.61 Å². The molecule has 0 N–H and O–H groups in total. The van der Waals surface area contributed by atoms with Gasteiger partial charge in [-0.15, -0.1) is 0 Å². The molecule has 1 unspecified atom stereocenters. The second kappa shape index (κ2) is 12.3. The highest BCUT2D eigenvalue weighted by Gasteiger charge is 2.21. The van der Waals surface area contributed by atoms with Gasteiger partial charge in [0.25, 0.3) is 0 Å². The van der Waals surface area contributed by atoms with Crippen molar-refractivity contribution in [1.82, 2.24) is 0 Å². The van der Waals surface area contributed by atoms with Gasteiger partial charge in [-0.1, -0.05) is 74.4 Å². The van der Waals surface area contributed by atoms with Gasteiger partial charge in [0.1, 0.15) is 0 Å². The summed E-state index contributed by atoms with van der Waals surface area (Å²) in [5.41, 5.74) is 2.21. The molecule has 3 aromatic rings. The molecule has 0 fully saturated rings. The fourth-order valence-electron chi connectivity index (χ4n) is 4.80. The van der Waals surface area contributed by atoms with Crippen LogP contribution >= 0.6 is 0 Å². The minimum absolute atomic E-state index is 0.0763. The zero-order valence-corrected chi connectivity index (χ0v) is 21.3. The SMILES string of the molecule is C/C=C/C1CC=C(c2ccc(-c3ccc(-c4ccc(OCCCCC)c(F)c4F)cc3)c(F)c2F)CC1. The fraction of sp³-hybridized carbons (Fsp3) is 0.312. The first-order chi connectivity index (χ1) is 17.9. The number of benzene rings is 3. The Labute approximate surface area is 216 Å². The van der Waals surface area contributed by atoms with Crippen LogP contribution in [0.1, 0.15) is 57.9 Å². The standard InChI is InChI=1S/C32H32F4O/c1-3-5-6-20-37-28-19-18-27(31(35)32(28)36)24-14-12-23(13-15-24)26-17-16-25(29(33)30(26)34)22-10-8-21(7-4-2)9-11-22/h4,7,10,12-19,21H,3,5-6,8-9,11,20H2,1-2H3/b7-4+. The summed E-state index contributed by atoms with van der Waals surface area (Å²) in [4.78, 5) is 0. The molecule has 3 aromatic carbocycles. The summed E-state index contributed by atoms with van der Waals surface area (Å²) in [5.74, 6) is -3.48. The van der Waals surface area contributed by atoms with Gasteiger partial charge in [-0.3, -0.25) is 0 Å². The molecule has 5 heteroatoms. The maximum atomic E-state index is 15.1. The molecular weight excluding hydrogens is 476 g/mol. The Morgan fingerprint density at radius 3 is 1.97 bits per heavy atom. The third-order valence-corrected chi connectivity index (χ3v) is 6.90. The molecule has 0 heterocycles. The Hall–Kier alpha value is -3.34. The molecule has 1 atom stereocenters. The smallest absolute Gasteiger partial charge is 0.201 e. The Bertz CT molecular complexity index is 1290. The van der Waals surface area contributed by atoms with E-state index in [1.165, 1.54) is 12.1 Å². The van der Waals surface area contributed by atoms with E-state index >= 15 is 8.78 Å². The molecule has 0 aliphatic heterocycles. The molecule has 1 aliphatic rings. The van der Waals surface area contributed by atoms with Gasteiger partial charge in [-0.2, -0.15) is 4.39 Å². The molecule has 37 heavy (non-hydrogen) atoms. The van der Waals surface area contributed by atoms with Crippen LogP contribution in [0.2, 0.25) is 0 Å². The highest BCUT2D eigenvalue weighted by Crippen LogP contribution is 2.36. The molecule has 0 bridgehead atoms. The van der Waals surface area contributed by atoms with Crippen LogP contribution in [0.4, 0.5) is 17.6 Å². The highest BCUT2D eigenvalue weighted by molar-refractivity contribution is 5.74. The quantitative estimate of drug-likeness (QED) is 0.159. The van der Waals surface area contributed by atoms with Crippen molar-refractivity contribution in [3.05, 3.63) is 95.6 Å². The van der Waals surface area contributed by atoms with E-state index in [9.17, 15) is 8.78 Å². The lowest BCUT2D eigenvalue weighted by Crippen LogP contribution is -2.05. The number of unbranched alkanes of at least 4 members (excludes halogenated alkanes) is 2. The molecule has 0 saturated carbocycles. The second-order valence-electron chi connectivity index (χ2n) is 9.45. The fourth-order valence-corrected chi connectivity index (χ4v) is 4.80. The third kappa shape index (κ3) is 5.98. The van der Waals surface area contributed by atoms with Gasteiger partial charge < -0.3 is 4.74 Å². The van der Waals surface area contributed by atoms with E-state index in [4.69, 9.17) is 4.74 Å². The topological polar surface area (TPSA) is 9.23 Å². The van der Waals surface area contributed by atoms with Crippen LogP contribution in [0, 0.1) is 29.2 Å². The van der Waals surface area contributed by atoms with Gasteiger partial charge in [-0.25, -0.2) is 13.2 Å². The molecule has 0 radical (unpaired) electrons. The zero-order valence-electron chi connectivity index (χ0n) is 21.3. The third-order valence-electron chi connectivity index (χ3n) is 6.90. The second-order valence-corrected chi connectivity index (χ2v) is 9.45. The van der Waals surface area contributed by atoms with Gasteiger partial charge in [-0.05, 0) is 67.4 Å². The zero-order chi connectivity index (χ0) is 26.4. The molecule has 0 spiro atoms. The van der Waals surface area contributed by atoms with Gasteiger partial charge in [0.2, 0.25) is 5.82 Å². The Morgan fingerprint density at radius 2 is 1.38 bits per heavy atom. The minimum Gasteiger partial charge on any atom is -0.490 e. The average molecular weight is 509 g/mol. The van der Waals surface area contributed by atoms with Gasteiger partial charge in [0, 0.05) is 16.7 Å². The average Bonchev–Trinajstić information content (AvgIpc) is 2.91. The summed E-state index contributed by atoms with van der Waals surface area (Å²) in [5, 5.41) is 0. The predicted molar refractivity (Wildman–Crippen MR) is 142 cm³/mol. The maximum Gasteiger partial charge on any atom is 0.201 e. The number of hydrogen-bond donors (Lipinski definition) is 0. The van der Waals surface area contributed by atoms with Crippen LogP contribution in [0.25, 0.3) is 27.8 Å².